The smallest absolute Gasteiger partial charge is 0.124 e. The summed E-state index contributed by atoms with van der Waals surface area (Å²) in [7, 11) is 1.64. The molecular weight excluding hydrogens is 370 g/mol. The van der Waals surface area contributed by atoms with Crippen molar-refractivity contribution in [2.45, 2.75) is 12.5 Å². The molecule has 5 heteroatoms. The van der Waals surface area contributed by atoms with Crippen LogP contribution in [0, 0.1) is 9.39 Å². The third-order valence-corrected chi connectivity index (χ3v) is 4.09. The molecule has 1 atom stereocenters. The highest BCUT2D eigenvalue weighted by Crippen LogP contribution is 2.27. The molecule has 0 fully saturated rings. The Hall–Kier alpha value is -1.18. The Morgan fingerprint density at radius 2 is 2.05 bits per heavy atom. The predicted molar refractivity (Wildman–Crippen MR) is 85.9 cm³/mol. The van der Waals surface area contributed by atoms with Crippen molar-refractivity contribution < 1.29 is 9.13 Å². The SMILES string of the molecule is COc1ccccc1CC(NN)c1ccc(F)cc1I. The van der Waals surface area contributed by atoms with E-state index in [0.717, 1.165) is 20.4 Å². The number of benzene rings is 2. The van der Waals surface area contributed by atoms with Gasteiger partial charge >= 0.3 is 0 Å². The van der Waals surface area contributed by atoms with Crippen LogP contribution in [0.4, 0.5) is 4.39 Å². The van der Waals surface area contributed by atoms with E-state index < -0.39 is 0 Å². The Bertz CT molecular complexity index is 592. The van der Waals surface area contributed by atoms with Crippen molar-refractivity contribution in [3.05, 3.63) is 63.0 Å². The van der Waals surface area contributed by atoms with Gasteiger partial charge < -0.3 is 4.74 Å². The Morgan fingerprint density at radius 1 is 1.30 bits per heavy atom. The van der Waals surface area contributed by atoms with Crippen LogP contribution in [0.3, 0.4) is 0 Å². The molecule has 0 aliphatic rings. The van der Waals surface area contributed by atoms with Crippen LogP contribution in [-0.4, -0.2) is 7.11 Å². The van der Waals surface area contributed by atoms with Crippen molar-refractivity contribution in [1.29, 1.82) is 0 Å². The highest BCUT2D eigenvalue weighted by molar-refractivity contribution is 14.1. The second-order valence-electron chi connectivity index (χ2n) is 4.40. The molecule has 0 amide bonds. The lowest BCUT2D eigenvalue weighted by molar-refractivity contribution is 0.405. The number of hydrazine groups is 1. The molecule has 0 saturated heterocycles. The van der Waals surface area contributed by atoms with Crippen molar-refractivity contribution >= 4 is 22.6 Å². The number of hydrogen-bond donors (Lipinski definition) is 2. The third kappa shape index (κ3) is 3.47. The van der Waals surface area contributed by atoms with Crippen LogP contribution in [0.15, 0.2) is 42.5 Å². The van der Waals surface area contributed by atoms with E-state index in [1.807, 2.05) is 24.3 Å². The molecule has 0 aliphatic heterocycles. The Labute approximate surface area is 131 Å². The van der Waals surface area contributed by atoms with Gasteiger partial charge in [0.15, 0.2) is 0 Å². The van der Waals surface area contributed by atoms with E-state index in [-0.39, 0.29) is 11.9 Å². The Balaban J connectivity index is 2.29. The predicted octanol–water partition coefficient (Wildman–Crippen LogP) is 3.19. The number of rotatable bonds is 5. The van der Waals surface area contributed by atoms with Gasteiger partial charge in [0.2, 0.25) is 0 Å². The molecule has 1 unspecified atom stereocenters. The fourth-order valence-electron chi connectivity index (χ4n) is 2.13. The van der Waals surface area contributed by atoms with Gasteiger partial charge in [-0.25, -0.2) is 4.39 Å². The molecule has 3 N–H and O–H groups in total. The van der Waals surface area contributed by atoms with Gasteiger partial charge in [-0.05, 0) is 58.3 Å². The summed E-state index contributed by atoms with van der Waals surface area (Å²) >= 11 is 2.12. The molecule has 0 spiro atoms. The third-order valence-electron chi connectivity index (χ3n) is 3.16. The van der Waals surface area contributed by atoms with Crippen molar-refractivity contribution in [3.63, 3.8) is 0 Å². The molecule has 20 heavy (non-hydrogen) atoms. The van der Waals surface area contributed by atoms with Crippen LogP contribution in [0.5, 0.6) is 5.75 Å². The summed E-state index contributed by atoms with van der Waals surface area (Å²) in [5.74, 6) is 6.24. The zero-order chi connectivity index (χ0) is 14.5. The summed E-state index contributed by atoms with van der Waals surface area (Å²) < 4.78 is 19.4. The largest absolute Gasteiger partial charge is 0.496 e. The molecule has 0 aromatic heterocycles. The highest BCUT2D eigenvalue weighted by atomic mass is 127. The fourth-order valence-corrected chi connectivity index (χ4v) is 2.99. The fraction of sp³-hybridized carbons (Fsp3) is 0.200. The maximum Gasteiger partial charge on any atom is 0.124 e. The van der Waals surface area contributed by atoms with Crippen LogP contribution in [0.1, 0.15) is 17.2 Å². The number of nitrogens with two attached hydrogens (primary N) is 1. The van der Waals surface area contributed by atoms with Crippen LogP contribution in [-0.2, 0) is 6.42 Å². The molecule has 0 aliphatic carbocycles. The highest BCUT2D eigenvalue weighted by Gasteiger charge is 2.16. The first kappa shape index (κ1) is 15.2. The molecule has 0 saturated carbocycles. The molecule has 2 aromatic carbocycles. The molecule has 0 heterocycles. The summed E-state index contributed by atoms with van der Waals surface area (Å²) in [6.45, 7) is 0. The van der Waals surface area contributed by atoms with Gasteiger partial charge in [0, 0.05) is 3.57 Å². The topological polar surface area (TPSA) is 47.3 Å². The van der Waals surface area contributed by atoms with E-state index >= 15 is 0 Å². The second kappa shape index (κ2) is 7.01. The minimum absolute atomic E-state index is 0.0983. The van der Waals surface area contributed by atoms with E-state index in [2.05, 4.69) is 28.0 Å². The van der Waals surface area contributed by atoms with E-state index in [1.54, 1.807) is 13.2 Å². The number of ether oxygens (including phenoxy) is 1. The maximum absolute atomic E-state index is 13.2. The van der Waals surface area contributed by atoms with Gasteiger partial charge in [-0.1, -0.05) is 24.3 Å². The van der Waals surface area contributed by atoms with Gasteiger partial charge in [0.1, 0.15) is 11.6 Å². The van der Waals surface area contributed by atoms with Crippen LogP contribution < -0.4 is 16.0 Å². The molecule has 106 valence electrons. The van der Waals surface area contributed by atoms with Gasteiger partial charge in [-0.3, -0.25) is 11.3 Å². The van der Waals surface area contributed by atoms with Gasteiger partial charge in [-0.15, -0.1) is 0 Å². The Kier molecular flexibility index (Phi) is 5.33. The standard InChI is InChI=1S/C15H16FIN2O/c1-20-15-5-3-2-4-10(15)8-14(19-18)12-7-6-11(16)9-13(12)17/h2-7,9,14,19H,8,18H2,1H3. The van der Waals surface area contributed by atoms with Gasteiger partial charge in [0.25, 0.3) is 0 Å². The normalized spacial score (nSPS) is 12.2. The minimum Gasteiger partial charge on any atom is -0.496 e. The maximum atomic E-state index is 13.2. The average molecular weight is 386 g/mol. The van der Waals surface area contributed by atoms with E-state index in [0.29, 0.717) is 6.42 Å². The van der Waals surface area contributed by atoms with Gasteiger partial charge in [-0.2, -0.15) is 0 Å². The summed E-state index contributed by atoms with van der Waals surface area (Å²) in [6.07, 6.45) is 0.669. The monoisotopic (exact) mass is 386 g/mol. The van der Waals surface area contributed by atoms with Crippen molar-refractivity contribution in [1.82, 2.24) is 5.43 Å². The van der Waals surface area contributed by atoms with Crippen LogP contribution in [0.2, 0.25) is 0 Å². The van der Waals surface area contributed by atoms with E-state index in [1.165, 1.54) is 12.1 Å². The minimum atomic E-state index is -0.244. The van der Waals surface area contributed by atoms with Gasteiger partial charge in [0.05, 0.1) is 13.2 Å². The van der Waals surface area contributed by atoms with E-state index in [4.69, 9.17) is 10.6 Å². The number of para-hydroxylation sites is 1. The molecular formula is C15H16FIN2O. The molecule has 3 nitrogen and oxygen atoms in total. The summed E-state index contributed by atoms with van der Waals surface area (Å²) in [5, 5.41) is 0. The lowest BCUT2D eigenvalue weighted by Gasteiger charge is -2.19. The zero-order valence-corrected chi connectivity index (χ0v) is 13.2. The van der Waals surface area contributed by atoms with Crippen molar-refractivity contribution in [2.75, 3.05) is 7.11 Å². The number of hydrogen-bond acceptors (Lipinski definition) is 3. The molecule has 2 aromatic rings. The summed E-state index contributed by atoms with van der Waals surface area (Å²) in [5.41, 5.74) is 4.82. The first-order chi connectivity index (χ1) is 9.65. The second-order valence-corrected chi connectivity index (χ2v) is 5.56. The average Bonchev–Trinajstić information content (AvgIpc) is 2.46. The number of nitrogens with one attached hydrogen (secondary N) is 1. The summed E-state index contributed by atoms with van der Waals surface area (Å²) in [6, 6.07) is 12.4. The van der Waals surface area contributed by atoms with E-state index in [9.17, 15) is 4.39 Å². The lowest BCUT2D eigenvalue weighted by atomic mass is 9.99. The summed E-state index contributed by atoms with van der Waals surface area (Å²) in [4.78, 5) is 0. The van der Waals surface area contributed by atoms with Crippen molar-refractivity contribution in [2.24, 2.45) is 5.84 Å². The Morgan fingerprint density at radius 3 is 2.70 bits per heavy atom. The molecule has 2 rings (SSSR count). The zero-order valence-electron chi connectivity index (χ0n) is 11.1. The van der Waals surface area contributed by atoms with Crippen LogP contribution in [0.25, 0.3) is 0 Å². The van der Waals surface area contributed by atoms with Crippen molar-refractivity contribution in [3.8, 4) is 5.75 Å². The number of methoxy groups -OCH3 is 1. The van der Waals surface area contributed by atoms with Crippen LogP contribution >= 0.6 is 22.6 Å². The first-order valence-electron chi connectivity index (χ1n) is 6.18. The lowest BCUT2D eigenvalue weighted by Crippen LogP contribution is -2.30. The first-order valence-corrected chi connectivity index (χ1v) is 7.26. The molecule has 0 bridgehead atoms. The number of halogens is 2. The molecule has 0 radical (unpaired) electrons. The quantitative estimate of drug-likeness (QED) is 0.472.